The van der Waals surface area contributed by atoms with Crippen molar-refractivity contribution in [2.24, 2.45) is 0 Å². The molecule has 1 aromatic carbocycles. The predicted molar refractivity (Wildman–Crippen MR) is 81.2 cm³/mol. The lowest BCUT2D eigenvalue weighted by Gasteiger charge is -1.82. The molecule has 3 heteroatoms. The molecule has 1 rings (SSSR count). The molecule has 0 heterocycles. The Morgan fingerprint density at radius 1 is 0.895 bits per heavy atom. The molecule has 0 aliphatic heterocycles. The van der Waals surface area contributed by atoms with Gasteiger partial charge in [0.1, 0.15) is 17.3 Å². The monoisotopic (exact) mass is 264 g/mol. The number of hydrogen-bond acceptors (Lipinski definition) is 3. The van der Waals surface area contributed by atoms with Crippen molar-refractivity contribution in [2.75, 3.05) is 0 Å². The quantitative estimate of drug-likeness (QED) is 0.782. The van der Waals surface area contributed by atoms with Gasteiger partial charge in [0.05, 0.1) is 0 Å². The van der Waals surface area contributed by atoms with Crippen LogP contribution < -0.4 is 0 Å². The van der Waals surface area contributed by atoms with Crippen LogP contribution in [0.4, 0.5) is 0 Å². The normalized spacial score (nSPS) is 6.95. The highest BCUT2D eigenvalue weighted by atomic mass is 16.3. The molecule has 0 bridgehead atoms. The van der Waals surface area contributed by atoms with E-state index in [1.807, 2.05) is 6.07 Å². The summed E-state index contributed by atoms with van der Waals surface area (Å²) in [6.07, 6.45) is 3.28. The van der Waals surface area contributed by atoms with Gasteiger partial charge in [-0.2, -0.15) is 0 Å². The molecule has 0 aromatic heterocycles. The highest BCUT2D eigenvalue weighted by molar-refractivity contribution is 5.72. The van der Waals surface area contributed by atoms with E-state index in [2.05, 4.69) is 13.2 Å². The van der Waals surface area contributed by atoms with Crippen molar-refractivity contribution >= 4 is 11.6 Å². The van der Waals surface area contributed by atoms with Crippen LogP contribution >= 0.6 is 0 Å². The maximum absolute atomic E-state index is 9.44. The van der Waals surface area contributed by atoms with E-state index in [1.54, 1.807) is 36.4 Å². The second-order valence-corrected chi connectivity index (χ2v) is 3.62. The van der Waals surface area contributed by atoms with E-state index in [1.165, 1.54) is 27.7 Å². The van der Waals surface area contributed by atoms with Crippen molar-refractivity contribution in [2.45, 2.75) is 27.7 Å². The highest BCUT2D eigenvalue weighted by Gasteiger charge is 1.74. The zero-order valence-electron chi connectivity index (χ0n) is 12.2. The number of rotatable bonds is 1. The maximum Gasteiger partial charge on any atom is 0.126 e. The standard InChI is InChI=1S/C6H6O.C4H6.2C3H6O/c7-6-4-2-1-3-5-6;1-3-4-2;2*1-3(2)4/h1-5,7H;3-4H,1-2H2;2*1-2H3. The van der Waals surface area contributed by atoms with E-state index < -0.39 is 0 Å². The molecule has 0 amide bonds. The minimum atomic E-state index is 0.167. The highest BCUT2D eigenvalue weighted by Crippen LogP contribution is 2.02. The number of allylic oxidation sites excluding steroid dienone is 2. The molecule has 0 saturated heterocycles. The lowest BCUT2D eigenvalue weighted by molar-refractivity contribution is -0.115. The second-order valence-electron chi connectivity index (χ2n) is 3.62. The van der Waals surface area contributed by atoms with Crippen LogP contribution in [0.3, 0.4) is 0 Å². The van der Waals surface area contributed by atoms with Crippen molar-refractivity contribution in [1.29, 1.82) is 0 Å². The van der Waals surface area contributed by atoms with Gasteiger partial charge in [-0.3, -0.25) is 0 Å². The summed E-state index contributed by atoms with van der Waals surface area (Å²) in [6.45, 7) is 12.8. The van der Waals surface area contributed by atoms with Gasteiger partial charge < -0.3 is 14.7 Å². The molecule has 0 atom stereocenters. The topological polar surface area (TPSA) is 54.4 Å². The number of ketones is 2. The van der Waals surface area contributed by atoms with Gasteiger partial charge in [-0.05, 0) is 39.8 Å². The first-order valence-corrected chi connectivity index (χ1v) is 5.69. The average Bonchev–Trinajstić information content (AvgIpc) is 2.29. The van der Waals surface area contributed by atoms with E-state index in [0.717, 1.165) is 0 Å². The zero-order valence-corrected chi connectivity index (χ0v) is 12.2. The number of benzene rings is 1. The molecule has 1 aromatic rings. The van der Waals surface area contributed by atoms with Crippen LogP contribution in [0.25, 0.3) is 0 Å². The summed E-state index contributed by atoms with van der Waals surface area (Å²) in [7, 11) is 0. The fraction of sp³-hybridized carbons (Fsp3) is 0.250. The summed E-state index contributed by atoms with van der Waals surface area (Å²) in [6, 6.07) is 8.71. The van der Waals surface area contributed by atoms with E-state index in [-0.39, 0.29) is 11.6 Å². The molecule has 0 aliphatic rings. The first kappa shape index (κ1) is 22.1. The summed E-state index contributed by atoms with van der Waals surface area (Å²) in [5.74, 6) is 0.655. The molecule has 0 aliphatic carbocycles. The fourth-order valence-corrected chi connectivity index (χ4v) is 0.428. The van der Waals surface area contributed by atoms with Gasteiger partial charge in [0.15, 0.2) is 0 Å². The Hall–Kier alpha value is -2.16. The second kappa shape index (κ2) is 18.2. The summed E-state index contributed by atoms with van der Waals surface area (Å²) in [5.41, 5.74) is 0. The third-order valence-electron chi connectivity index (χ3n) is 0.923. The summed E-state index contributed by atoms with van der Waals surface area (Å²) < 4.78 is 0. The molecule has 0 unspecified atom stereocenters. The van der Waals surface area contributed by atoms with Crippen LogP contribution in [0.2, 0.25) is 0 Å². The Morgan fingerprint density at radius 2 is 1.16 bits per heavy atom. The van der Waals surface area contributed by atoms with Gasteiger partial charge in [0.25, 0.3) is 0 Å². The minimum Gasteiger partial charge on any atom is -0.508 e. The lowest BCUT2D eigenvalue weighted by Crippen LogP contribution is -1.69. The van der Waals surface area contributed by atoms with E-state index in [0.29, 0.717) is 5.75 Å². The predicted octanol–water partition coefficient (Wildman–Crippen LogP) is 3.94. The third kappa shape index (κ3) is 64.9. The van der Waals surface area contributed by atoms with Gasteiger partial charge in [0, 0.05) is 0 Å². The first-order valence-electron chi connectivity index (χ1n) is 5.69. The number of carbonyl (C=O) groups is 2. The average molecular weight is 264 g/mol. The summed E-state index contributed by atoms with van der Waals surface area (Å²) in [4.78, 5) is 18.9. The van der Waals surface area contributed by atoms with Gasteiger partial charge in [-0.15, -0.1) is 0 Å². The lowest BCUT2D eigenvalue weighted by atomic mass is 10.3. The SMILES string of the molecule is C=CC=C.CC(C)=O.CC(C)=O.Oc1ccccc1. The van der Waals surface area contributed by atoms with Crippen molar-refractivity contribution < 1.29 is 14.7 Å². The van der Waals surface area contributed by atoms with Crippen LogP contribution in [0.15, 0.2) is 55.6 Å². The molecular weight excluding hydrogens is 240 g/mol. The Balaban J connectivity index is -0.000000189. The molecule has 0 fully saturated rings. The van der Waals surface area contributed by atoms with E-state index in [4.69, 9.17) is 5.11 Å². The van der Waals surface area contributed by atoms with E-state index in [9.17, 15) is 9.59 Å². The number of hydrogen-bond donors (Lipinski definition) is 1. The van der Waals surface area contributed by atoms with Crippen LogP contribution in [0, 0.1) is 0 Å². The third-order valence-corrected chi connectivity index (χ3v) is 0.923. The van der Waals surface area contributed by atoms with Crippen molar-refractivity contribution in [3.8, 4) is 5.75 Å². The fourth-order valence-electron chi connectivity index (χ4n) is 0.428. The number of phenols is 1. The molecule has 1 N–H and O–H groups in total. The zero-order chi connectivity index (χ0) is 15.7. The van der Waals surface area contributed by atoms with Crippen LogP contribution in [0.5, 0.6) is 5.75 Å². The largest absolute Gasteiger partial charge is 0.508 e. The van der Waals surface area contributed by atoms with Crippen LogP contribution in [-0.2, 0) is 9.59 Å². The molecule has 0 spiro atoms. The Kier molecular flexibility index (Phi) is 21.1. The number of Topliss-reactive ketones (excluding diaryl/α,β-unsaturated/α-hetero) is 2. The van der Waals surface area contributed by atoms with Crippen LogP contribution in [0.1, 0.15) is 27.7 Å². The number of para-hydroxylation sites is 1. The number of phenolic OH excluding ortho intramolecular Hbond substituents is 1. The van der Waals surface area contributed by atoms with Crippen molar-refractivity contribution in [3.05, 3.63) is 55.6 Å². The number of carbonyl (C=O) groups excluding carboxylic acids is 2. The van der Waals surface area contributed by atoms with Crippen molar-refractivity contribution in [3.63, 3.8) is 0 Å². The Labute approximate surface area is 116 Å². The minimum absolute atomic E-state index is 0.167. The van der Waals surface area contributed by atoms with Crippen molar-refractivity contribution in [1.82, 2.24) is 0 Å². The molecule has 0 saturated carbocycles. The summed E-state index contributed by atoms with van der Waals surface area (Å²) in [5, 5.41) is 8.63. The van der Waals surface area contributed by atoms with Gasteiger partial charge in [-0.25, -0.2) is 0 Å². The smallest absolute Gasteiger partial charge is 0.126 e. The molecule has 106 valence electrons. The Morgan fingerprint density at radius 3 is 1.26 bits per heavy atom. The maximum atomic E-state index is 9.44. The summed E-state index contributed by atoms with van der Waals surface area (Å²) >= 11 is 0. The molecule has 0 radical (unpaired) electrons. The molecular formula is C16H24O3. The van der Waals surface area contributed by atoms with Crippen LogP contribution in [-0.4, -0.2) is 16.7 Å². The molecule has 3 nitrogen and oxygen atoms in total. The van der Waals surface area contributed by atoms with E-state index >= 15 is 0 Å². The first-order chi connectivity index (χ1) is 8.77. The Bertz CT molecular complexity index is 328. The number of aromatic hydroxyl groups is 1. The van der Waals surface area contributed by atoms with Gasteiger partial charge in [-0.1, -0.05) is 43.5 Å². The van der Waals surface area contributed by atoms with Gasteiger partial charge in [0.2, 0.25) is 0 Å². The van der Waals surface area contributed by atoms with Gasteiger partial charge >= 0.3 is 0 Å². The molecule has 19 heavy (non-hydrogen) atoms.